The van der Waals surface area contributed by atoms with E-state index in [0.29, 0.717) is 11.6 Å². The number of likely N-dealkylation sites (N-methyl/N-ethyl adjacent to an activating group) is 1. The third-order valence-corrected chi connectivity index (χ3v) is 3.89. The Kier molecular flexibility index (Phi) is 4.39. The first-order chi connectivity index (χ1) is 6.75. The van der Waals surface area contributed by atoms with Crippen molar-refractivity contribution in [3.05, 3.63) is 0 Å². The number of rotatable bonds is 4. The molecule has 0 unspecified atom stereocenters. The zero-order valence-electron chi connectivity index (χ0n) is 10.2. The van der Waals surface area contributed by atoms with Crippen molar-refractivity contribution in [3.8, 4) is 0 Å². The van der Waals surface area contributed by atoms with Gasteiger partial charge in [0, 0.05) is 12.1 Å². The molecule has 1 saturated heterocycles. The summed E-state index contributed by atoms with van der Waals surface area (Å²) in [5.41, 5.74) is 0.307. The maximum absolute atomic E-state index is 5.92. The smallest absolute Gasteiger partial charge is 0.0756 e. The Labute approximate surface area is 88.6 Å². The van der Waals surface area contributed by atoms with Crippen LogP contribution in [0.3, 0.4) is 0 Å². The lowest BCUT2D eigenvalue weighted by Gasteiger charge is -2.51. The molecule has 14 heavy (non-hydrogen) atoms. The second-order valence-electron chi connectivity index (χ2n) is 4.16. The Morgan fingerprint density at radius 2 is 1.86 bits per heavy atom. The summed E-state index contributed by atoms with van der Waals surface area (Å²) in [5, 5.41) is 0. The molecule has 0 amide bonds. The predicted octanol–water partition coefficient (Wildman–Crippen LogP) is 2.68. The normalized spacial score (nSPS) is 27.9. The molecule has 1 aliphatic heterocycles. The van der Waals surface area contributed by atoms with Crippen LogP contribution in [0.5, 0.6) is 0 Å². The van der Waals surface area contributed by atoms with E-state index in [1.54, 1.807) is 0 Å². The van der Waals surface area contributed by atoms with E-state index in [2.05, 4.69) is 32.6 Å². The molecule has 1 heterocycles. The fourth-order valence-corrected chi connectivity index (χ4v) is 3.01. The molecule has 0 radical (unpaired) electrons. The first-order valence-electron chi connectivity index (χ1n) is 6.11. The summed E-state index contributed by atoms with van der Waals surface area (Å²) >= 11 is 0. The molecule has 2 heteroatoms. The summed E-state index contributed by atoms with van der Waals surface area (Å²) in [7, 11) is 0. The van der Waals surface area contributed by atoms with E-state index in [1.165, 1.54) is 12.8 Å². The van der Waals surface area contributed by atoms with Gasteiger partial charge in [0.15, 0.2) is 0 Å². The number of hydrogen-bond acceptors (Lipinski definition) is 2. The molecule has 0 bridgehead atoms. The van der Waals surface area contributed by atoms with E-state index in [0.717, 1.165) is 26.1 Å². The lowest BCUT2D eigenvalue weighted by molar-refractivity contribution is -0.130. The van der Waals surface area contributed by atoms with Crippen molar-refractivity contribution in [1.29, 1.82) is 0 Å². The van der Waals surface area contributed by atoms with E-state index in [1.807, 2.05) is 0 Å². The quantitative estimate of drug-likeness (QED) is 0.690. The Balaban J connectivity index is 2.86. The van der Waals surface area contributed by atoms with Crippen molar-refractivity contribution >= 4 is 0 Å². The number of morpholine rings is 1. The van der Waals surface area contributed by atoms with Crippen LogP contribution < -0.4 is 0 Å². The highest BCUT2D eigenvalue weighted by Crippen LogP contribution is 2.34. The molecule has 0 saturated carbocycles. The zero-order valence-corrected chi connectivity index (χ0v) is 10.2. The van der Waals surface area contributed by atoms with E-state index in [4.69, 9.17) is 4.74 Å². The molecule has 0 aliphatic carbocycles. The summed E-state index contributed by atoms with van der Waals surface area (Å²) in [4.78, 5) is 2.62. The first kappa shape index (κ1) is 12.0. The molecule has 1 rings (SSSR count). The van der Waals surface area contributed by atoms with Gasteiger partial charge in [-0.2, -0.15) is 0 Å². The monoisotopic (exact) mass is 199 g/mol. The number of nitrogens with zero attached hydrogens (tertiary/aromatic N) is 1. The minimum absolute atomic E-state index is 0.307. The Bertz CT molecular complexity index is 152. The molecule has 0 aromatic heterocycles. The molecule has 84 valence electrons. The highest BCUT2D eigenvalue weighted by atomic mass is 16.5. The maximum atomic E-state index is 5.92. The van der Waals surface area contributed by atoms with E-state index in [9.17, 15) is 0 Å². The summed E-state index contributed by atoms with van der Waals surface area (Å²) in [6, 6.07) is 0. The molecule has 0 spiro atoms. The van der Waals surface area contributed by atoms with Crippen molar-refractivity contribution < 1.29 is 4.74 Å². The van der Waals surface area contributed by atoms with E-state index in [-0.39, 0.29) is 0 Å². The van der Waals surface area contributed by atoms with Gasteiger partial charge in [-0.3, -0.25) is 4.90 Å². The van der Waals surface area contributed by atoms with Crippen LogP contribution in [0.1, 0.15) is 47.0 Å². The topological polar surface area (TPSA) is 12.5 Å². The average molecular weight is 199 g/mol. The largest absolute Gasteiger partial charge is 0.375 e. The van der Waals surface area contributed by atoms with Crippen molar-refractivity contribution in [2.75, 3.05) is 19.7 Å². The Hall–Kier alpha value is -0.0800. The third-order valence-electron chi connectivity index (χ3n) is 3.89. The van der Waals surface area contributed by atoms with Gasteiger partial charge in [-0.25, -0.2) is 0 Å². The predicted molar refractivity (Wildman–Crippen MR) is 60.6 cm³/mol. The van der Waals surface area contributed by atoms with Crippen molar-refractivity contribution in [2.45, 2.75) is 58.6 Å². The minimum atomic E-state index is 0.307. The molecule has 0 N–H and O–H groups in total. The fraction of sp³-hybridized carbons (Fsp3) is 1.00. The van der Waals surface area contributed by atoms with E-state index >= 15 is 0 Å². The molecule has 0 aromatic rings. The Morgan fingerprint density at radius 1 is 1.21 bits per heavy atom. The van der Waals surface area contributed by atoms with Crippen LogP contribution in [0, 0.1) is 0 Å². The highest BCUT2D eigenvalue weighted by molar-refractivity contribution is 4.97. The lowest BCUT2D eigenvalue weighted by atomic mass is 9.82. The highest BCUT2D eigenvalue weighted by Gasteiger charge is 2.42. The Morgan fingerprint density at radius 3 is 2.29 bits per heavy atom. The van der Waals surface area contributed by atoms with Gasteiger partial charge in [0.2, 0.25) is 0 Å². The maximum Gasteiger partial charge on any atom is 0.0756 e. The first-order valence-corrected chi connectivity index (χ1v) is 6.11. The standard InChI is InChI=1S/C12H25NO/c1-5-11-12(6-2,7-3)13(8-4)9-10-14-11/h11H,5-10H2,1-4H3/t11-/m0/s1. The van der Waals surface area contributed by atoms with Gasteiger partial charge >= 0.3 is 0 Å². The van der Waals surface area contributed by atoms with Crippen LogP contribution in [0.2, 0.25) is 0 Å². The number of hydrogen-bond donors (Lipinski definition) is 0. The minimum Gasteiger partial charge on any atom is -0.375 e. The van der Waals surface area contributed by atoms with Crippen molar-refractivity contribution in [3.63, 3.8) is 0 Å². The lowest BCUT2D eigenvalue weighted by Crippen LogP contribution is -2.61. The van der Waals surface area contributed by atoms with Crippen LogP contribution in [0.25, 0.3) is 0 Å². The molecule has 1 aliphatic rings. The SMILES string of the molecule is CC[C@@H]1OCCN(CC)C1(CC)CC. The second kappa shape index (κ2) is 5.13. The van der Waals surface area contributed by atoms with Gasteiger partial charge in [-0.1, -0.05) is 27.7 Å². The third kappa shape index (κ3) is 1.82. The van der Waals surface area contributed by atoms with Crippen LogP contribution >= 0.6 is 0 Å². The average Bonchev–Trinajstić information content (AvgIpc) is 2.27. The van der Waals surface area contributed by atoms with E-state index < -0.39 is 0 Å². The zero-order chi connectivity index (χ0) is 10.6. The second-order valence-corrected chi connectivity index (χ2v) is 4.16. The molecular weight excluding hydrogens is 174 g/mol. The van der Waals surface area contributed by atoms with Crippen LogP contribution in [0.15, 0.2) is 0 Å². The van der Waals surface area contributed by atoms with Gasteiger partial charge in [0.05, 0.1) is 12.7 Å². The summed E-state index contributed by atoms with van der Waals surface area (Å²) < 4.78 is 5.92. The summed E-state index contributed by atoms with van der Waals surface area (Å²) in [6.45, 7) is 12.3. The molecule has 2 nitrogen and oxygen atoms in total. The van der Waals surface area contributed by atoms with Crippen LogP contribution in [-0.2, 0) is 4.74 Å². The van der Waals surface area contributed by atoms with Crippen molar-refractivity contribution in [1.82, 2.24) is 4.90 Å². The van der Waals surface area contributed by atoms with Crippen LogP contribution in [0.4, 0.5) is 0 Å². The summed E-state index contributed by atoms with van der Waals surface area (Å²) in [6.07, 6.45) is 3.98. The van der Waals surface area contributed by atoms with Gasteiger partial charge < -0.3 is 4.74 Å². The van der Waals surface area contributed by atoms with Gasteiger partial charge in [-0.05, 0) is 25.8 Å². The van der Waals surface area contributed by atoms with Crippen molar-refractivity contribution in [2.24, 2.45) is 0 Å². The summed E-state index contributed by atoms with van der Waals surface area (Å²) in [5.74, 6) is 0. The van der Waals surface area contributed by atoms with Crippen LogP contribution in [-0.4, -0.2) is 36.2 Å². The van der Waals surface area contributed by atoms with Gasteiger partial charge in [0.25, 0.3) is 0 Å². The molecule has 1 atom stereocenters. The molecule has 0 aromatic carbocycles. The fourth-order valence-electron chi connectivity index (χ4n) is 3.01. The van der Waals surface area contributed by atoms with Gasteiger partial charge in [-0.15, -0.1) is 0 Å². The number of ether oxygens (including phenoxy) is 1. The molecule has 1 fully saturated rings. The van der Waals surface area contributed by atoms with Gasteiger partial charge in [0.1, 0.15) is 0 Å². The molecular formula is C12H25NO.